The Bertz CT molecular complexity index is 563. The maximum absolute atomic E-state index is 12.1. The van der Waals surface area contributed by atoms with Crippen LogP contribution in [0.1, 0.15) is 30.4 Å². The van der Waals surface area contributed by atoms with E-state index in [4.69, 9.17) is 10.4 Å². The van der Waals surface area contributed by atoms with E-state index in [1.807, 2.05) is 6.07 Å². The number of hydrogen-bond donors (Lipinski definition) is 2. The van der Waals surface area contributed by atoms with E-state index in [0.717, 1.165) is 18.4 Å². The Balaban J connectivity index is 1.93. The maximum Gasteiger partial charge on any atom is 0.326 e. The van der Waals surface area contributed by atoms with Gasteiger partial charge in [0.25, 0.3) is 0 Å². The summed E-state index contributed by atoms with van der Waals surface area (Å²) in [5, 5.41) is 20.6. The van der Waals surface area contributed by atoms with Crippen LogP contribution in [0.2, 0.25) is 0 Å². The highest BCUT2D eigenvalue weighted by molar-refractivity contribution is 5.82. The molecule has 0 saturated carbocycles. The summed E-state index contributed by atoms with van der Waals surface area (Å²) in [6, 6.07) is 7.84. The van der Waals surface area contributed by atoms with Crippen molar-refractivity contribution in [3.8, 4) is 6.07 Å². The summed E-state index contributed by atoms with van der Waals surface area (Å²) in [4.78, 5) is 24.7. The summed E-state index contributed by atoms with van der Waals surface area (Å²) >= 11 is 0. The number of nitriles is 1. The maximum atomic E-state index is 12.1. The second kappa shape index (κ2) is 6.75. The normalized spacial score (nSPS) is 17.9. The molecular formula is C15H17N3O3. The van der Waals surface area contributed by atoms with Gasteiger partial charge in [0.05, 0.1) is 11.6 Å². The minimum absolute atomic E-state index is 0.313. The SMILES string of the molecule is N#Cc1ccc(CNC(=O)N2CCCCC2C(=O)O)cc1. The van der Waals surface area contributed by atoms with E-state index in [1.54, 1.807) is 24.3 Å². The Morgan fingerprint density at radius 3 is 2.67 bits per heavy atom. The Morgan fingerprint density at radius 2 is 2.05 bits per heavy atom. The van der Waals surface area contributed by atoms with E-state index in [9.17, 15) is 9.59 Å². The Kier molecular flexibility index (Phi) is 4.77. The molecule has 21 heavy (non-hydrogen) atoms. The lowest BCUT2D eigenvalue weighted by molar-refractivity contribution is -0.143. The van der Waals surface area contributed by atoms with Gasteiger partial charge in [0.2, 0.25) is 0 Å². The molecule has 6 heteroatoms. The molecule has 2 N–H and O–H groups in total. The van der Waals surface area contributed by atoms with E-state index >= 15 is 0 Å². The quantitative estimate of drug-likeness (QED) is 0.885. The Labute approximate surface area is 123 Å². The van der Waals surface area contributed by atoms with Crippen LogP contribution in [0.3, 0.4) is 0 Å². The Morgan fingerprint density at radius 1 is 1.33 bits per heavy atom. The zero-order valence-corrected chi connectivity index (χ0v) is 11.6. The fourth-order valence-corrected chi connectivity index (χ4v) is 2.41. The number of piperidine rings is 1. The highest BCUT2D eigenvalue weighted by Gasteiger charge is 2.31. The summed E-state index contributed by atoms with van der Waals surface area (Å²) in [7, 11) is 0. The highest BCUT2D eigenvalue weighted by atomic mass is 16.4. The van der Waals surface area contributed by atoms with Gasteiger partial charge in [-0.3, -0.25) is 0 Å². The smallest absolute Gasteiger partial charge is 0.326 e. The van der Waals surface area contributed by atoms with Gasteiger partial charge in [-0.1, -0.05) is 12.1 Å². The van der Waals surface area contributed by atoms with Gasteiger partial charge in [-0.25, -0.2) is 9.59 Å². The van der Waals surface area contributed by atoms with Crippen molar-refractivity contribution in [3.63, 3.8) is 0 Å². The van der Waals surface area contributed by atoms with Crippen molar-refractivity contribution in [1.82, 2.24) is 10.2 Å². The number of nitrogens with one attached hydrogen (secondary N) is 1. The molecule has 0 aliphatic carbocycles. The van der Waals surface area contributed by atoms with Gasteiger partial charge in [0, 0.05) is 13.1 Å². The molecule has 110 valence electrons. The molecule has 0 radical (unpaired) electrons. The molecule has 2 rings (SSSR count). The molecule has 1 aliphatic rings. The summed E-state index contributed by atoms with van der Waals surface area (Å²) in [5.74, 6) is -0.955. The fourth-order valence-electron chi connectivity index (χ4n) is 2.41. The second-order valence-electron chi connectivity index (χ2n) is 5.01. The van der Waals surface area contributed by atoms with E-state index in [2.05, 4.69) is 5.32 Å². The standard InChI is InChI=1S/C15H17N3O3/c16-9-11-4-6-12(7-5-11)10-17-15(21)18-8-2-1-3-13(18)14(19)20/h4-7,13H,1-3,8,10H2,(H,17,21)(H,19,20). The average molecular weight is 287 g/mol. The predicted octanol–water partition coefficient (Wildman–Crippen LogP) is 1.71. The molecule has 1 heterocycles. The molecule has 1 unspecified atom stereocenters. The average Bonchev–Trinajstić information content (AvgIpc) is 2.53. The van der Waals surface area contributed by atoms with Gasteiger partial charge in [-0.15, -0.1) is 0 Å². The van der Waals surface area contributed by atoms with Crippen molar-refractivity contribution in [1.29, 1.82) is 5.26 Å². The molecule has 2 amide bonds. The van der Waals surface area contributed by atoms with Crippen LogP contribution in [0.5, 0.6) is 0 Å². The number of carboxylic acid groups (broad SMARTS) is 1. The Hall–Kier alpha value is -2.55. The fraction of sp³-hybridized carbons (Fsp3) is 0.400. The third kappa shape index (κ3) is 3.72. The van der Waals surface area contributed by atoms with Crippen molar-refractivity contribution < 1.29 is 14.7 Å². The van der Waals surface area contributed by atoms with E-state index in [-0.39, 0.29) is 6.03 Å². The van der Waals surface area contributed by atoms with E-state index in [1.165, 1.54) is 4.90 Å². The number of benzene rings is 1. The first-order valence-corrected chi connectivity index (χ1v) is 6.88. The zero-order chi connectivity index (χ0) is 15.2. The third-order valence-corrected chi connectivity index (χ3v) is 3.58. The number of carboxylic acids is 1. The molecule has 0 spiro atoms. The molecule has 1 aromatic rings. The number of likely N-dealkylation sites (tertiary alicyclic amines) is 1. The first kappa shape index (κ1) is 14.9. The van der Waals surface area contributed by atoms with Gasteiger partial charge in [-0.2, -0.15) is 5.26 Å². The molecule has 1 aromatic carbocycles. The van der Waals surface area contributed by atoms with Crippen molar-refractivity contribution in [2.24, 2.45) is 0 Å². The number of carbonyl (C=O) groups excluding carboxylic acids is 1. The molecule has 6 nitrogen and oxygen atoms in total. The topological polar surface area (TPSA) is 93.4 Å². The van der Waals surface area contributed by atoms with Crippen molar-refractivity contribution in [2.75, 3.05) is 6.54 Å². The van der Waals surface area contributed by atoms with Crippen LogP contribution < -0.4 is 5.32 Å². The summed E-state index contributed by atoms with van der Waals surface area (Å²) in [6.45, 7) is 0.781. The number of amides is 2. The summed E-state index contributed by atoms with van der Waals surface area (Å²) in [5.41, 5.74) is 1.43. The van der Waals surface area contributed by atoms with Crippen molar-refractivity contribution in [3.05, 3.63) is 35.4 Å². The van der Waals surface area contributed by atoms with Gasteiger partial charge >= 0.3 is 12.0 Å². The highest BCUT2D eigenvalue weighted by Crippen LogP contribution is 2.17. The zero-order valence-electron chi connectivity index (χ0n) is 11.6. The number of hydrogen-bond acceptors (Lipinski definition) is 3. The number of carbonyl (C=O) groups is 2. The first-order valence-electron chi connectivity index (χ1n) is 6.88. The van der Waals surface area contributed by atoms with E-state index in [0.29, 0.717) is 25.1 Å². The van der Waals surface area contributed by atoms with Gasteiger partial charge in [0.1, 0.15) is 6.04 Å². The largest absolute Gasteiger partial charge is 0.480 e. The monoisotopic (exact) mass is 287 g/mol. The van der Waals surface area contributed by atoms with Crippen molar-refractivity contribution >= 4 is 12.0 Å². The van der Waals surface area contributed by atoms with Crippen LogP contribution in [0, 0.1) is 11.3 Å². The number of nitrogens with zero attached hydrogens (tertiary/aromatic N) is 2. The summed E-state index contributed by atoms with van der Waals surface area (Å²) < 4.78 is 0. The second-order valence-corrected chi connectivity index (χ2v) is 5.01. The van der Waals surface area contributed by atoms with Gasteiger partial charge in [0.15, 0.2) is 0 Å². The molecular weight excluding hydrogens is 270 g/mol. The van der Waals surface area contributed by atoms with Crippen LogP contribution in [0.4, 0.5) is 4.79 Å². The molecule has 1 fully saturated rings. The van der Waals surface area contributed by atoms with Crippen LogP contribution in [0.25, 0.3) is 0 Å². The van der Waals surface area contributed by atoms with Crippen LogP contribution in [0.15, 0.2) is 24.3 Å². The first-order chi connectivity index (χ1) is 10.1. The molecule has 1 saturated heterocycles. The molecule has 1 aliphatic heterocycles. The lowest BCUT2D eigenvalue weighted by Crippen LogP contribution is -2.51. The molecule has 0 aromatic heterocycles. The third-order valence-electron chi connectivity index (χ3n) is 3.58. The lowest BCUT2D eigenvalue weighted by atomic mass is 10.0. The minimum atomic E-state index is -0.955. The van der Waals surface area contributed by atoms with Crippen LogP contribution >= 0.6 is 0 Å². The van der Waals surface area contributed by atoms with Crippen LogP contribution in [-0.4, -0.2) is 34.6 Å². The number of aliphatic carboxylic acids is 1. The predicted molar refractivity (Wildman–Crippen MR) is 75.4 cm³/mol. The molecule has 1 atom stereocenters. The van der Waals surface area contributed by atoms with E-state index < -0.39 is 12.0 Å². The van der Waals surface area contributed by atoms with Crippen molar-refractivity contribution in [2.45, 2.75) is 31.8 Å². The number of urea groups is 1. The van der Waals surface area contributed by atoms with Gasteiger partial charge in [-0.05, 0) is 37.0 Å². The van der Waals surface area contributed by atoms with Crippen LogP contribution in [-0.2, 0) is 11.3 Å². The lowest BCUT2D eigenvalue weighted by Gasteiger charge is -2.32. The van der Waals surface area contributed by atoms with Gasteiger partial charge < -0.3 is 15.3 Å². The minimum Gasteiger partial charge on any atom is -0.480 e. The molecule has 0 bridgehead atoms. The number of rotatable bonds is 3. The summed E-state index contributed by atoms with van der Waals surface area (Å²) in [6.07, 6.45) is 2.16.